The van der Waals surface area contributed by atoms with Crippen LogP contribution in [0.25, 0.3) is 17.0 Å². The first-order chi connectivity index (χ1) is 32.7. The van der Waals surface area contributed by atoms with Crippen LogP contribution in [0.3, 0.4) is 0 Å². The number of nitrogens with one attached hydrogen (secondary N) is 1. The van der Waals surface area contributed by atoms with Gasteiger partial charge in [-0.2, -0.15) is 8.42 Å². The molecule has 0 amide bonds. The number of aliphatic hydroxyl groups is 1. The van der Waals surface area contributed by atoms with E-state index in [0.29, 0.717) is 22.3 Å². The highest BCUT2D eigenvalue weighted by atomic mass is 32.3. The highest BCUT2D eigenvalue weighted by Gasteiger charge is 2.21. The van der Waals surface area contributed by atoms with Crippen molar-refractivity contribution in [2.24, 2.45) is 0 Å². The number of anilines is 1. The van der Waals surface area contributed by atoms with Gasteiger partial charge >= 0.3 is 10.4 Å². The maximum atomic E-state index is 10.9. The maximum absolute atomic E-state index is 10.9. The summed E-state index contributed by atoms with van der Waals surface area (Å²) in [4.78, 5) is 55.1. The van der Waals surface area contributed by atoms with Crippen molar-refractivity contribution in [2.75, 3.05) is 54.8 Å². The van der Waals surface area contributed by atoms with Gasteiger partial charge in [-0.3, -0.25) is 54.5 Å². The molecule has 5 aromatic rings. The van der Waals surface area contributed by atoms with Gasteiger partial charge in [0.1, 0.15) is 0 Å². The number of nitro benzene ring substituents is 4. The molecule has 5 rings (SSSR count). The number of nitro groups is 4. The predicted molar refractivity (Wildman–Crippen MR) is 274 cm³/mol. The standard InChI is InChI=1S/C11H13N3O4.C9H10N2.C8H8N2O4.C8H10.C5H13NO2.C2H6O.CH4.HNO3.H2O4S/c1-8-6-9(4-5-12(2)3)11(14(17)18)7-10(8)13(15)16;1-6-4-7-2-3-11-9(7)5-8(6)10;1-5-3-6(2)8(10(13)14)4-7(5)9(11)12;1-7-4-3-5-8(2)6-7;1-6(2)5(7-3)8-4;1-2-3;;2-1(3)4;1-5(2,3)4/h4-7H,1-3H3;2-5,11H,10H2,1H3;3-4H,1-2H3;3-6H,1-2H3;5H,1-4H3;3H,2H2,1H3;1H4;(H,2,3,4);(H2,1,2,3,4)/b5-4+;;;;;;;;. The van der Waals surface area contributed by atoms with Gasteiger partial charge in [0.05, 0.1) is 37.4 Å². The number of nitrogens with two attached hydrogens (primary N) is 1. The molecule has 0 saturated heterocycles. The van der Waals surface area contributed by atoms with Crippen LogP contribution < -0.4 is 5.73 Å². The number of ether oxygens (including phenoxy) is 2. The van der Waals surface area contributed by atoms with Crippen LogP contribution in [-0.2, 0) is 19.9 Å². The quantitative estimate of drug-likeness (QED) is 0.0264. The monoisotopic (exact) mass is 1040 g/mol. The molecule has 0 atom stereocenters. The summed E-state index contributed by atoms with van der Waals surface area (Å²) in [5, 5.41) is 65.0. The molecule has 72 heavy (non-hydrogen) atoms. The fourth-order valence-corrected chi connectivity index (χ4v) is 5.20. The van der Waals surface area contributed by atoms with Gasteiger partial charge in [-0.1, -0.05) is 42.8 Å². The molecule has 0 radical (unpaired) electrons. The van der Waals surface area contributed by atoms with Crippen LogP contribution in [0.5, 0.6) is 0 Å². The Kier molecular flexibility index (Phi) is 35.7. The van der Waals surface area contributed by atoms with Crippen LogP contribution in [0, 0.1) is 92.1 Å². The number of H-pyrrole nitrogens is 1. The van der Waals surface area contributed by atoms with Crippen molar-refractivity contribution in [3.63, 3.8) is 0 Å². The van der Waals surface area contributed by atoms with Crippen LogP contribution >= 0.6 is 0 Å². The van der Waals surface area contributed by atoms with Crippen LogP contribution in [0.2, 0.25) is 0 Å². The minimum Gasteiger partial charge on any atom is -0.398 e. The molecule has 0 fully saturated rings. The van der Waals surface area contributed by atoms with Crippen LogP contribution in [-0.4, -0.2) is 123 Å². The highest BCUT2D eigenvalue weighted by molar-refractivity contribution is 7.79. The number of benzene rings is 4. The summed E-state index contributed by atoms with van der Waals surface area (Å²) in [6.45, 7) is 12.8. The van der Waals surface area contributed by atoms with Crippen molar-refractivity contribution in [1.82, 2.24) is 14.8 Å². The third-order valence-corrected chi connectivity index (χ3v) is 8.14. The maximum Gasteiger partial charge on any atom is 0.394 e. The lowest BCUT2D eigenvalue weighted by atomic mass is 10.1. The molecule has 4 aromatic carbocycles. The summed E-state index contributed by atoms with van der Waals surface area (Å²) in [6.07, 6.45) is 4.90. The van der Waals surface area contributed by atoms with Crippen LogP contribution in [0.15, 0.2) is 79.1 Å². The molecule has 0 aliphatic heterocycles. The van der Waals surface area contributed by atoms with E-state index in [2.05, 4.69) is 49.2 Å². The third kappa shape index (κ3) is 32.2. The number of aliphatic hydroxyl groups excluding tert-OH is 1. The second-order valence-corrected chi connectivity index (χ2v) is 15.5. The molecule has 1 aromatic heterocycles. The molecule has 0 spiro atoms. The Labute approximate surface area is 417 Å². The number of fused-ring (bicyclic) bond motifs is 1. The minimum atomic E-state index is -4.67. The first kappa shape index (κ1) is 70.8. The van der Waals surface area contributed by atoms with Gasteiger partial charge in [-0.05, 0) is 116 Å². The molecular weight excluding hydrogens is 975 g/mol. The Morgan fingerprint density at radius 2 is 1.06 bits per heavy atom. The van der Waals surface area contributed by atoms with E-state index < -0.39 is 35.2 Å². The second-order valence-electron chi connectivity index (χ2n) is 14.6. The van der Waals surface area contributed by atoms with Crippen molar-refractivity contribution >= 4 is 55.8 Å². The van der Waals surface area contributed by atoms with Crippen LogP contribution in [0.1, 0.15) is 53.3 Å². The number of aromatic nitrogens is 1. The SMILES string of the molecule is C.CCO.COC(OC)N(C)C.Cc1cc(/C=C/N(C)C)c([N+](=O)[O-])cc1[N+](=O)[O-].Cc1cc(C)c([N+](=O)[O-])cc1[N+](=O)[O-].Cc1cc2cc[nH]c2cc1N.Cc1cccc(C)c1.O=S(=O)(O)O.O=[N+]([O-])O. The Bertz CT molecular complexity index is 2520. The molecule has 1 heterocycles. The second kappa shape index (κ2) is 36.2. The topological polar surface area (TPSA) is 398 Å². The fourth-order valence-electron chi connectivity index (χ4n) is 5.20. The lowest BCUT2D eigenvalue weighted by Crippen LogP contribution is -2.30. The smallest absolute Gasteiger partial charge is 0.394 e. The van der Waals surface area contributed by atoms with E-state index >= 15 is 0 Å². The zero-order valence-corrected chi connectivity index (χ0v) is 42.3. The average Bonchev–Trinajstić information content (AvgIpc) is 3.67. The van der Waals surface area contributed by atoms with Crippen molar-refractivity contribution < 1.29 is 62.1 Å². The molecule has 28 heteroatoms. The molecule has 0 aliphatic carbocycles. The van der Waals surface area contributed by atoms with E-state index in [-0.39, 0.29) is 43.2 Å². The van der Waals surface area contributed by atoms with Crippen molar-refractivity contribution in [2.45, 2.75) is 62.3 Å². The van der Waals surface area contributed by atoms with Gasteiger partial charge in [-0.15, -0.1) is 10.1 Å². The van der Waals surface area contributed by atoms with E-state index in [1.165, 1.54) is 28.6 Å². The summed E-state index contributed by atoms with van der Waals surface area (Å²) >= 11 is 0. The third-order valence-electron chi connectivity index (χ3n) is 8.14. The molecular formula is C44H67N9O18S. The number of aryl methyl sites for hydroxylation is 6. The Hall–Kier alpha value is -7.73. The van der Waals surface area contributed by atoms with Crippen molar-refractivity contribution in [3.8, 4) is 0 Å². The Balaban J connectivity index is -0.000000387. The number of methoxy groups -OCH3 is 2. The van der Waals surface area contributed by atoms with E-state index in [0.717, 1.165) is 28.9 Å². The van der Waals surface area contributed by atoms with Gasteiger partial charge in [0.2, 0.25) is 6.41 Å². The highest BCUT2D eigenvalue weighted by Crippen LogP contribution is 2.30. The van der Waals surface area contributed by atoms with Gasteiger partial charge in [-0.25, -0.2) is 0 Å². The van der Waals surface area contributed by atoms with Crippen molar-refractivity contribution in [1.29, 1.82) is 0 Å². The molecule has 0 saturated carbocycles. The Morgan fingerprint density at radius 3 is 1.36 bits per heavy atom. The van der Waals surface area contributed by atoms with E-state index in [1.807, 2.05) is 44.2 Å². The van der Waals surface area contributed by atoms with Gasteiger partial charge in [0.25, 0.3) is 27.8 Å². The number of nitrogen functional groups attached to an aromatic ring is 1. The summed E-state index contributed by atoms with van der Waals surface area (Å²) < 4.78 is 41.3. The largest absolute Gasteiger partial charge is 0.398 e. The van der Waals surface area contributed by atoms with Gasteiger partial charge in [0.15, 0.2) is 0 Å². The number of nitrogens with zero attached hydrogens (tertiary/aromatic N) is 7. The first-order valence-corrected chi connectivity index (χ1v) is 21.5. The zero-order chi connectivity index (χ0) is 55.9. The van der Waals surface area contributed by atoms with Gasteiger partial charge < -0.3 is 35.4 Å². The first-order valence-electron chi connectivity index (χ1n) is 20.1. The number of rotatable bonds is 9. The fraction of sp³-hybridized carbons (Fsp3) is 0.364. The van der Waals surface area contributed by atoms with Gasteiger partial charge in [0, 0.05) is 69.0 Å². The average molecular weight is 1040 g/mol. The predicted octanol–water partition coefficient (Wildman–Crippen LogP) is 8.58. The Morgan fingerprint density at radius 1 is 0.681 bits per heavy atom. The van der Waals surface area contributed by atoms with Crippen molar-refractivity contribution in [3.05, 3.63) is 169 Å². The zero-order valence-electron chi connectivity index (χ0n) is 41.5. The van der Waals surface area contributed by atoms with E-state index in [1.54, 1.807) is 73.2 Å². The molecule has 27 nitrogen and oxygen atoms in total. The molecule has 402 valence electrons. The minimum absolute atomic E-state index is 0. The number of hydrogen-bond acceptors (Lipinski definition) is 18. The number of hydrogen-bond donors (Lipinski definition) is 6. The summed E-state index contributed by atoms with van der Waals surface area (Å²) in [5.41, 5.74) is 12.1. The summed E-state index contributed by atoms with van der Waals surface area (Å²) in [6, 6.07) is 19.4. The number of aromatic amines is 1. The lowest BCUT2D eigenvalue weighted by Gasteiger charge is -2.19. The van der Waals surface area contributed by atoms with E-state index in [4.69, 9.17) is 53.2 Å². The van der Waals surface area contributed by atoms with Crippen LogP contribution in [0.4, 0.5) is 28.4 Å². The molecule has 0 bridgehead atoms. The molecule has 0 unspecified atom stereocenters. The summed E-state index contributed by atoms with van der Waals surface area (Å²) in [5.74, 6) is 0. The molecule has 0 aliphatic rings. The summed E-state index contributed by atoms with van der Waals surface area (Å²) in [7, 11) is 5.87. The normalized spacial score (nSPS) is 9.86. The molecule has 7 N–H and O–H groups in total. The lowest BCUT2D eigenvalue weighted by molar-refractivity contribution is -0.742. The van der Waals surface area contributed by atoms with E-state index in [9.17, 15) is 40.5 Å².